The van der Waals surface area contributed by atoms with Crippen molar-refractivity contribution in [3.8, 4) is 0 Å². The van der Waals surface area contributed by atoms with Crippen LogP contribution in [0, 0.1) is 0 Å². The zero-order chi connectivity index (χ0) is 12.4. The summed E-state index contributed by atoms with van der Waals surface area (Å²) in [6.07, 6.45) is 1.60. The minimum Gasteiger partial charge on any atom is -0.344 e. The van der Waals surface area contributed by atoms with E-state index in [9.17, 15) is 4.79 Å². The van der Waals surface area contributed by atoms with E-state index < -0.39 is 0 Å². The third-order valence-electron chi connectivity index (χ3n) is 3.15. The Hall–Kier alpha value is -0.390. The van der Waals surface area contributed by atoms with E-state index in [0.717, 1.165) is 13.0 Å². The molecule has 0 aliphatic carbocycles. The van der Waals surface area contributed by atoms with Crippen molar-refractivity contribution < 1.29 is 4.79 Å². The Morgan fingerprint density at radius 1 is 1.65 bits per heavy atom. The molecule has 3 nitrogen and oxygen atoms in total. The van der Waals surface area contributed by atoms with E-state index in [1.807, 2.05) is 11.9 Å². The predicted molar refractivity (Wildman–Crippen MR) is 74.2 cm³/mol. The zero-order valence-corrected chi connectivity index (χ0v) is 12.5. The first-order valence-corrected chi connectivity index (χ1v) is 7.48. The highest BCUT2D eigenvalue weighted by Gasteiger charge is 2.24. The SMILES string of the molecule is CC(NC1CCC(=O)N(C)C1)c1sccc1Br. The van der Waals surface area contributed by atoms with Gasteiger partial charge in [-0.25, -0.2) is 0 Å². The molecule has 1 fully saturated rings. The van der Waals surface area contributed by atoms with Crippen LogP contribution >= 0.6 is 27.3 Å². The number of rotatable bonds is 3. The molecule has 1 aromatic rings. The third-order valence-corrected chi connectivity index (χ3v) is 5.20. The Morgan fingerprint density at radius 2 is 2.41 bits per heavy atom. The minimum absolute atomic E-state index is 0.257. The van der Waals surface area contributed by atoms with Crippen LogP contribution < -0.4 is 5.32 Å². The van der Waals surface area contributed by atoms with Crippen LogP contribution in [-0.4, -0.2) is 30.4 Å². The highest BCUT2D eigenvalue weighted by molar-refractivity contribution is 9.10. The van der Waals surface area contributed by atoms with Crippen molar-refractivity contribution >= 4 is 33.2 Å². The van der Waals surface area contributed by atoms with Gasteiger partial charge in [0.05, 0.1) is 0 Å². The van der Waals surface area contributed by atoms with Gasteiger partial charge in [-0.1, -0.05) is 0 Å². The van der Waals surface area contributed by atoms with Gasteiger partial charge in [-0.3, -0.25) is 4.79 Å². The Kier molecular flexibility index (Phi) is 4.22. The van der Waals surface area contributed by atoms with Crippen molar-refractivity contribution in [1.82, 2.24) is 10.2 Å². The molecule has 1 amide bonds. The molecule has 1 saturated heterocycles. The van der Waals surface area contributed by atoms with Gasteiger partial charge in [0.2, 0.25) is 5.91 Å². The topological polar surface area (TPSA) is 32.3 Å². The smallest absolute Gasteiger partial charge is 0.222 e. The lowest BCUT2D eigenvalue weighted by molar-refractivity contribution is -0.132. The molecule has 0 saturated carbocycles. The average Bonchev–Trinajstić information content (AvgIpc) is 2.70. The minimum atomic E-state index is 0.257. The fourth-order valence-corrected chi connectivity index (χ4v) is 3.93. The Balaban J connectivity index is 1.93. The van der Waals surface area contributed by atoms with Crippen LogP contribution in [0.3, 0.4) is 0 Å². The molecule has 2 unspecified atom stereocenters. The monoisotopic (exact) mass is 316 g/mol. The van der Waals surface area contributed by atoms with E-state index in [-0.39, 0.29) is 5.91 Å². The van der Waals surface area contributed by atoms with Gasteiger partial charge in [0.15, 0.2) is 0 Å². The lowest BCUT2D eigenvalue weighted by Gasteiger charge is -2.32. The molecule has 2 heterocycles. The molecule has 2 rings (SSSR count). The molecule has 17 heavy (non-hydrogen) atoms. The number of carbonyl (C=O) groups excluding carboxylic acids is 1. The summed E-state index contributed by atoms with van der Waals surface area (Å²) in [5.74, 6) is 0.257. The van der Waals surface area contributed by atoms with Gasteiger partial charge in [0.1, 0.15) is 0 Å². The number of thiophene rings is 1. The van der Waals surface area contributed by atoms with E-state index in [2.05, 4.69) is 39.6 Å². The molecule has 94 valence electrons. The maximum atomic E-state index is 11.4. The fraction of sp³-hybridized carbons (Fsp3) is 0.583. The zero-order valence-electron chi connectivity index (χ0n) is 10.1. The molecular formula is C12H17BrN2OS. The van der Waals surface area contributed by atoms with Gasteiger partial charge in [-0.15, -0.1) is 11.3 Å². The fourth-order valence-electron chi connectivity index (χ4n) is 2.19. The van der Waals surface area contributed by atoms with Crippen LogP contribution in [0.25, 0.3) is 0 Å². The van der Waals surface area contributed by atoms with Crippen molar-refractivity contribution in [1.29, 1.82) is 0 Å². The Labute approximate surface area is 114 Å². The number of nitrogens with one attached hydrogen (secondary N) is 1. The highest BCUT2D eigenvalue weighted by atomic mass is 79.9. The maximum absolute atomic E-state index is 11.4. The summed E-state index contributed by atoms with van der Waals surface area (Å²) in [5, 5.41) is 5.69. The van der Waals surface area contributed by atoms with Crippen molar-refractivity contribution in [3.63, 3.8) is 0 Å². The van der Waals surface area contributed by atoms with E-state index in [1.165, 1.54) is 9.35 Å². The van der Waals surface area contributed by atoms with Crippen LogP contribution in [0.2, 0.25) is 0 Å². The lowest BCUT2D eigenvalue weighted by atomic mass is 10.0. The normalized spacial score (nSPS) is 22.9. The molecule has 0 radical (unpaired) electrons. The molecule has 1 aromatic heterocycles. The van der Waals surface area contributed by atoms with Crippen LogP contribution in [0.4, 0.5) is 0 Å². The molecule has 0 spiro atoms. The number of piperidine rings is 1. The van der Waals surface area contributed by atoms with Gasteiger partial charge in [-0.05, 0) is 40.7 Å². The van der Waals surface area contributed by atoms with Crippen LogP contribution in [0.5, 0.6) is 0 Å². The van der Waals surface area contributed by atoms with Gasteiger partial charge in [0, 0.05) is 41.4 Å². The molecule has 0 bridgehead atoms. The van der Waals surface area contributed by atoms with Gasteiger partial charge in [-0.2, -0.15) is 0 Å². The van der Waals surface area contributed by atoms with E-state index in [4.69, 9.17) is 0 Å². The highest BCUT2D eigenvalue weighted by Crippen LogP contribution is 2.29. The Morgan fingerprint density at radius 3 is 3.00 bits per heavy atom. The average molecular weight is 317 g/mol. The molecule has 2 atom stereocenters. The lowest BCUT2D eigenvalue weighted by Crippen LogP contribution is -2.47. The number of amides is 1. The van der Waals surface area contributed by atoms with E-state index in [1.54, 1.807) is 11.3 Å². The first kappa shape index (κ1) is 13.1. The molecule has 5 heteroatoms. The summed E-state index contributed by atoms with van der Waals surface area (Å²) in [6.45, 7) is 2.99. The second-order valence-corrected chi connectivity index (χ2v) is 6.33. The van der Waals surface area contributed by atoms with E-state index >= 15 is 0 Å². The summed E-state index contributed by atoms with van der Waals surface area (Å²) in [6, 6.07) is 2.81. The maximum Gasteiger partial charge on any atom is 0.222 e. The predicted octanol–water partition coefficient (Wildman–Crippen LogP) is 2.78. The molecule has 0 aromatic carbocycles. The van der Waals surface area contributed by atoms with Gasteiger partial charge < -0.3 is 10.2 Å². The number of hydrogen-bond donors (Lipinski definition) is 1. The number of hydrogen-bond acceptors (Lipinski definition) is 3. The quantitative estimate of drug-likeness (QED) is 0.930. The second-order valence-electron chi connectivity index (χ2n) is 4.53. The van der Waals surface area contributed by atoms with Crippen LogP contribution in [0.15, 0.2) is 15.9 Å². The van der Waals surface area contributed by atoms with Crippen LogP contribution in [0.1, 0.15) is 30.7 Å². The number of halogens is 1. The first-order valence-electron chi connectivity index (χ1n) is 5.81. The molecule has 1 aliphatic heterocycles. The third kappa shape index (κ3) is 3.09. The number of nitrogens with zero attached hydrogens (tertiary/aromatic N) is 1. The summed E-state index contributed by atoms with van der Waals surface area (Å²) < 4.78 is 1.17. The standard InChI is InChI=1S/C12H17BrN2OS/c1-8(12-10(13)5-6-17-12)14-9-3-4-11(16)15(2)7-9/h5-6,8-9,14H,3-4,7H2,1-2H3. The van der Waals surface area contributed by atoms with Gasteiger partial charge >= 0.3 is 0 Å². The largest absolute Gasteiger partial charge is 0.344 e. The summed E-state index contributed by atoms with van der Waals surface area (Å²) in [4.78, 5) is 14.5. The van der Waals surface area contributed by atoms with Crippen molar-refractivity contribution in [2.45, 2.75) is 31.8 Å². The van der Waals surface area contributed by atoms with Gasteiger partial charge in [0.25, 0.3) is 0 Å². The summed E-state index contributed by atoms with van der Waals surface area (Å²) in [7, 11) is 1.88. The summed E-state index contributed by atoms with van der Waals surface area (Å²) in [5.41, 5.74) is 0. The van der Waals surface area contributed by atoms with Crippen molar-refractivity contribution in [2.24, 2.45) is 0 Å². The van der Waals surface area contributed by atoms with Crippen molar-refractivity contribution in [2.75, 3.05) is 13.6 Å². The van der Waals surface area contributed by atoms with E-state index in [0.29, 0.717) is 18.5 Å². The number of likely N-dealkylation sites (N-methyl/N-ethyl adjacent to an activating group) is 1. The molecule has 1 N–H and O–H groups in total. The van der Waals surface area contributed by atoms with Crippen LogP contribution in [-0.2, 0) is 4.79 Å². The number of likely N-dealkylation sites (tertiary alicyclic amines) is 1. The molecular weight excluding hydrogens is 300 g/mol. The summed E-state index contributed by atoms with van der Waals surface area (Å²) >= 11 is 5.32. The first-order chi connectivity index (χ1) is 8.08. The number of carbonyl (C=O) groups is 1. The second kappa shape index (κ2) is 5.50. The van der Waals surface area contributed by atoms with Crippen molar-refractivity contribution in [3.05, 3.63) is 20.8 Å². The Bertz CT molecular complexity index is 407. The molecule has 1 aliphatic rings.